The average Bonchev–Trinajstić information content (AvgIpc) is 3.24. The number of nitrogens with one attached hydrogen (secondary N) is 2. The van der Waals surface area contributed by atoms with Gasteiger partial charge in [-0.15, -0.1) is 5.10 Å². The number of aryl methyl sites for hydroxylation is 1. The third-order valence-corrected chi connectivity index (χ3v) is 3.51. The van der Waals surface area contributed by atoms with Crippen LogP contribution in [0.3, 0.4) is 0 Å². The SMILES string of the molecule is Cc1occc1-c1nnc(NCc2cccc3cn[nH]c23)o1. The molecule has 0 radical (unpaired) electrons. The molecule has 0 fully saturated rings. The van der Waals surface area contributed by atoms with E-state index in [-0.39, 0.29) is 0 Å². The van der Waals surface area contributed by atoms with Gasteiger partial charge in [-0.1, -0.05) is 23.3 Å². The fourth-order valence-corrected chi connectivity index (χ4v) is 2.36. The van der Waals surface area contributed by atoms with E-state index in [0.717, 1.165) is 27.8 Å². The zero-order valence-corrected chi connectivity index (χ0v) is 11.8. The van der Waals surface area contributed by atoms with E-state index in [4.69, 9.17) is 8.83 Å². The van der Waals surface area contributed by atoms with Gasteiger partial charge in [0.2, 0.25) is 0 Å². The van der Waals surface area contributed by atoms with Gasteiger partial charge in [-0.05, 0) is 18.6 Å². The van der Waals surface area contributed by atoms with Gasteiger partial charge in [0, 0.05) is 11.9 Å². The van der Waals surface area contributed by atoms with Crippen LogP contribution in [0.2, 0.25) is 0 Å². The molecule has 0 saturated heterocycles. The van der Waals surface area contributed by atoms with Crippen LogP contribution in [-0.2, 0) is 6.54 Å². The van der Waals surface area contributed by atoms with Crippen molar-refractivity contribution in [2.75, 3.05) is 5.32 Å². The number of H-pyrrole nitrogens is 1. The molecule has 0 aliphatic heterocycles. The standard InChI is InChI=1S/C15H13N5O2/c1-9-12(5-6-21-9)14-19-20-15(22-14)16-7-10-3-2-4-11-8-17-18-13(10)11/h2-6,8H,7H2,1H3,(H,16,20)(H,17,18). The number of para-hydroxylation sites is 1. The summed E-state index contributed by atoms with van der Waals surface area (Å²) in [6.45, 7) is 2.41. The van der Waals surface area contributed by atoms with Crippen molar-refractivity contribution in [3.8, 4) is 11.5 Å². The molecular formula is C15H13N5O2. The van der Waals surface area contributed by atoms with Gasteiger partial charge in [0.1, 0.15) is 5.76 Å². The highest BCUT2D eigenvalue weighted by Crippen LogP contribution is 2.24. The summed E-state index contributed by atoms with van der Waals surface area (Å²) in [5.74, 6) is 1.19. The van der Waals surface area contributed by atoms with Gasteiger partial charge in [0.15, 0.2) is 0 Å². The molecule has 0 aliphatic rings. The number of hydrogen-bond donors (Lipinski definition) is 2. The number of nitrogens with zero attached hydrogens (tertiary/aromatic N) is 3. The van der Waals surface area contributed by atoms with Gasteiger partial charge in [0.25, 0.3) is 5.89 Å². The lowest BCUT2D eigenvalue weighted by atomic mass is 10.1. The number of hydrogen-bond acceptors (Lipinski definition) is 6. The second-order valence-corrected chi connectivity index (χ2v) is 4.91. The van der Waals surface area contributed by atoms with E-state index in [1.54, 1.807) is 18.5 Å². The molecule has 7 heteroatoms. The highest BCUT2D eigenvalue weighted by molar-refractivity contribution is 5.81. The van der Waals surface area contributed by atoms with Crippen molar-refractivity contribution in [3.05, 3.63) is 48.0 Å². The lowest BCUT2D eigenvalue weighted by Gasteiger charge is -2.02. The topological polar surface area (TPSA) is 92.8 Å². The third kappa shape index (κ3) is 2.12. The van der Waals surface area contributed by atoms with Crippen molar-refractivity contribution in [1.29, 1.82) is 0 Å². The fourth-order valence-electron chi connectivity index (χ4n) is 2.36. The molecule has 3 heterocycles. The number of benzene rings is 1. The van der Waals surface area contributed by atoms with Crippen LogP contribution >= 0.6 is 0 Å². The summed E-state index contributed by atoms with van der Waals surface area (Å²) in [5.41, 5.74) is 2.88. The fraction of sp³-hybridized carbons (Fsp3) is 0.133. The Morgan fingerprint density at radius 2 is 2.18 bits per heavy atom. The van der Waals surface area contributed by atoms with Crippen molar-refractivity contribution in [1.82, 2.24) is 20.4 Å². The summed E-state index contributed by atoms with van der Waals surface area (Å²) in [4.78, 5) is 0. The number of furan rings is 1. The molecule has 0 amide bonds. The van der Waals surface area contributed by atoms with Crippen LogP contribution in [0, 0.1) is 6.92 Å². The normalized spacial score (nSPS) is 11.1. The quantitative estimate of drug-likeness (QED) is 0.601. The second kappa shape index (κ2) is 5.03. The molecule has 0 atom stereocenters. The predicted molar refractivity (Wildman–Crippen MR) is 80.2 cm³/mol. The van der Waals surface area contributed by atoms with Crippen LogP contribution in [0.4, 0.5) is 6.01 Å². The largest absolute Gasteiger partial charge is 0.469 e. The zero-order chi connectivity index (χ0) is 14.9. The lowest BCUT2D eigenvalue weighted by molar-refractivity contribution is 0.530. The Hall–Kier alpha value is -3.09. The molecule has 2 N–H and O–H groups in total. The highest BCUT2D eigenvalue weighted by atomic mass is 16.4. The molecular weight excluding hydrogens is 282 g/mol. The van der Waals surface area contributed by atoms with Crippen LogP contribution in [0.25, 0.3) is 22.4 Å². The number of fused-ring (bicyclic) bond motifs is 1. The maximum atomic E-state index is 5.60. The highest BCUT2D eigenvalue weighted by Gasteiger charge is 2.13. The van der Waals surface area contributed by atoms with Crippen molar-refractivity contribution < 1.29 is 8.83 Å². The number of aromatic amines is 1. The van der Waals surface area contributed by atoms with E-state index in [1.165, 1.54) is 0 Å². The second-order valence-electron chi connectivity index (χ2n) is 4.91. The molecule has 22 heavy (non-hydrogen) atoms. The van der Waals surface area contributed by atoms with E-state index in [0.29, 0.717) is 18.5 Å². The van der Waals surface area contributed by atoms with E-state index >= 15 is 0 Å². The van der Waals surface area contributed by atoms with Crippen molar-refractivity contribution in [3.63, 3.8) is 0 Å². The van der Waals surface area contributed by atoms with Gasteiger partial charge in [-0.2, -0.15) is 5.10 Å². The molecule has 0 aliphatic carbocycles. The maximum absolute atomic E-state index is 5.60. The van der Waals surface area contributed by atoms with Gasteiger partial charge in [0.05, 0.1) is 23.5 Å². The number of rotatable bonds is 4. The first-order valence-electron chi connectivity index (χ1n) is 6.84. The molecule has 0 saturated carbocycles. The van der Waals surface area contributed by atoms with Crippen molar-refractivity contribution in [2.45, 2.75) is 13.5 Å². The average molecular weight is 295 g/mol. The van der Waals surface area contributed by atoms with Crippen LogP contribution < -0.4 is 5.32 Å². The molecule has 0 spiro atoms. The van der Waals surface area contributed by atoms with Crippen molar-refractivity contribution >= 4 is 16.9 Å². The molecule has 0 unspecified atom stereocenters. The van der Waals surface area contributed by atoms with E-state index < -0.39 is 0 Å². The first-order valence-corrected chi connectivity index (χ1v) is 6.84. The van der Waals surface area contributed by atoms with Crippen LogP contribution in [-0.4, -0.2) is 20.4 Å². The Balaban J connectivity index is 1.54. The molecule has 4 aromatic rings. The maximum Gasteiger partial charge on any atom is 0.316 e. The Morgan fingerprint density at radius 3 is 3.05 bits per heavy atom. The van der Waals surface area contributed by atoms with E-state index in [2.05, 4.69) is 25.7 Å². The summed E-state index contributed by atoms with van der Waals surface area (Å²) in [7, 11) is 0. The molecule has 3 aromatic heterocycles. The van der Waals surface area contributed by atoms with E-state index in [1.807, 2.05) is 25.1 Å². The Labute approximate surface area is 125 Å². The van der Waals surface area contributed by atoms with Gasteiger partial charge >= 0.3 is 6.01 Å². The third-order valence-electron chi connectivity index (χ3n) is 3.51. The molecule has 1 aromatic carbocycles. The lowest BCUT2D eigenvalue weighted by Crippen LogP contribution is -2.00. The minimum atomic E-state index is 0.368. The molecule has 0 bridgehead atoms. The summed E-state index contributed by atoms with van der Waals surface area (Å²) in [6.07, 6.45) is 3.40. The summed E-state index contributed by atoms with van der Waals surface area (Å²) >= 11 is 0. The minimum Gasteiger partial charge on any atom is -0.469 e. The zero-order valence-electron chi connectivity index (χ0n) is 11.8. The first-order chi connectivity index (χ1) is 10.8. The van der Waals surface area contributed by atoms with Crippen LogP contribution in [0.1, 0.15) is 11.3 Å². The van der Waals surface area contributed by atoms with Gasteiger partial charge in [-0.25, -0.2) is 0 Å². The van der Waals surface area contributed by atoms with Crippen LogP contribution in [0.15, 0.2) is 45.6 Å². The molecule has 110 valence electrons. The monoisotopic (exact) mass is 295 g/mol. The van der Waals surface area contributed by atoms with Crippen LogP contribution in [0.5, 0.6) is 0 Å². The summed E-state index contributed by atoms with van der Waals surface area (Å²) in [5, 5.41) is 19.3. The smallest absolute Gasteiger partial charge is 0.316 e. The van der Waals surface area contributed by atoms with Gasteiger partial charge in [-0.3, -0.25) is 5.10 Å². The molecule has 4 rings (SSSR count). The predicted octanol–water partition coefficient (Wildman–Crippen LogP) is 3.13. The first kappa shape index (κ1) is 12.6. The Morgan fingerprint density at radius 1 is 1.23 bits per heavy atom. The minimum absolute atomic E-state index is 0.368. The summed E-state index contributed by atoms with van der Waals surface area (Å²) in [6, 6.07) is 8.19. The Bertz CT molecular complexity index is 921. The molecule has 7 nitrogen and oxygen atoms in total. The van der Waals surface area contributed by atoms with Gasteiger partial charge < -0.3 is 14.2 Å². The summed E-state index contributed by atoms with van der Waals surface area (Å²) < 4.78 is 10.8. The van der Waals surface area contributed by atoms with E-state index in [9.17, 15) is 0 Å². The Kier molecular flexibility index (Phi) is 2.89. The number of anilines is 1. The number of aromatic nitrogens is 4. The van der Waals surface area contributed by atoms with Crippen molar-refractivity contribution in [2.24, 2.45) is 0 Å².